The van der Waals surface area contributed by atoms with Crippen LogP contribution in [0.4, 0.5) is 5.88 Å². The Balaban J connectivity index is 2.80. The third-order valence-electron chi connectivity index (χ3n) is 2.28. The average Bonchev–Trinajstić information content (AvgIpc) is 2.80. The molecule has 106 valence electrons. The second-order valence-electron chi connectivity index (χ2n) is 3.57. The van der Waals surface area contributed by atoms with Crippen molar-refractivity contribution in [3.05, 3.63) is 11.3 Å². The Labute approximate surface area is 111 Å². The van der Waals surface area contributed by atoms with E-state index in [9.17, 15) is 9.59 Å². The van der Waals surface area contributed by atoms with Gasteiger partial charge in [-0.05, 0) is 20.3 Å². The molecular formula is C12H18N2O5. The molecule has 1 N–H and O–H groups in total. The van der Waals surface area contributed by atoms with Gasteiger partial charge in [-0.1, -0.05) is 12.1 Å². The number of carbonyl (C=O) groups excluding carboxylic acids is 2. The molecule has 0 amide bonds. The molecule has 0 bridgehead atoms. The highest BCUT2D eigenvalue weighted by Crippen LogP contribution is 2.21. The minimum absolute atomic E-state index is 0.0986. The molecule has 0 fully saturated rings. The van der Waals surface area contributed by atoms with Gasteiger partial charge in [0.1, 0.15) is 17.8 Å². The van der Waals surface area contributed by atoms with Crippen LogP contribution in [0.2, 0.25) is 0 Å². The fourth-order valence-electron chi connectivity index (χ4n) is 1.46. The summed E-state index contributed by atoms with van der Waals surface area (Å²) in [5, 5.41) is 6.46. The lowest BCUT2D eigenvalue weighted by Gasteiger charge is -2.05. The van der Waals surface area contributed by atoms with E-state index in [1.165, 1.54) is 0 Å². The molecule has 0 aliphatic heterocycles. The fraction of sp³-hybridized carbons (Fsp3) is 0.583. The van der Waals surface area contributed by atoms with Crippen molar-refractivity contribution in [2.45, 2.75) is 27.2 Å². The lowest BCUT2D eigenvalue weighted by molar-refractivity contribution is -0.140. The first-order valence-corrected chi connectivity index (χ1v) is 6.19. The second kappa shape index (κ2) is 7.40. The van der Waals surface area contributed by atoms with Crippen LogP contribution in [0, 0.1) is 0 Å². The van der Waals surface area contributed by atoms with Gasteiger partial charge < -0.3 is 19.3 Å². The van der Waals surface area contributed by atoms with Gasteiger partial charge in [0.25, 0.3) is 0 Å². The first-order chi connectivity index (χ1) is 9.13. The molecule has 1 heterocycles. The number of esters is 2. The number of ether oxygens (including phenoxy) is 2. The molecule has 0 saturated heterocycles. The van der Waals surface area contributed by atoms with E-state index >= 15 is 0 Å². The van der Waals surface area contributed by atoms with Crippen molar-refractivity contribution < 1.29 is 23.6 Å². The largest absolute Gasteiger partial charge is 0.465 e. The van der Waals surface area contributed by atoms with Crippen LogP contribution < -0.4 is 5.32 Å². The highest BCUT2D eigenvalue weighted by Gasteiger charge is 2.23. The van der Waals surface area contributed by atoms with Gasteiger partial charge in [0, 0.05) is 0 Å². The molecular weight excluding hydrogens is 252 g/mol. The predicted octanol–water partition coefficient (Wildman–Crippen LogP) is 1.39. The highest BCUT2D eigenvalue weighted by atomic mass is 16.5. The molecule has 0 atom stereocenters. The minimum atomic E-state index is -0.521. The fourth-order valence-corrected chi connectivity index (χ4v) is 1.46. The third kappa shape index (κ3) is 3.97. The Kier molecular flexibility index (Phi) is 5.84. The van der Waals surface area contributed by atoms with Crippen LogP contribution in [0.25, 0.3) is 0 Å². The molecule has 0 aromatic carbocycles. The minimum Gasteiger partial charge on any atom is -0.465 e. The SMILES string of the molecule is CCOC(=O)CNc1onc(CC)c1C(=O)OCC. The number of aryl methyl sites for hydroxylation is 1. The van der Waals surface area contributed by atoms with Gasteiger partial charge >= 0.3 is 11.9 Å². The summed E-state index contributed by atoms with van der Waals surface area (Å²) in [6.45, 7) is 5.72. The first-order valence-electron chi connectivity index (χ1n) is 6.19. The van der Waals surface area contributed by atoms with Gasteiger partial charge in [0.05, 0.1) is 13.2 Å². The zero-order valence-electron chi connectivity index (χ0n) is 11.3. The van der Waals surface area contributed by atoms with Crippen molar-refractivity contribution in [1.82, 2.24) is 5.16 Å². The number of nitrogens with zero attached hydrogens (tertiary/aromatic N) is 1. The van der Waals surface area contributed by atoms with Crippen molar-refractivity contribution >= 4 is 17.8 Å². The molecule has 0 radical (unpaired) electrons. The number of nitrogens with one attached hydrogen (secondary N) is 1. The lowest BCUT2D eigenvalue weighted by Crippen LogP contribution is -2.18. The maximum Gasteiger partial charge on any atom is 0.345 e. The summed E-state index contributed by atoms with van der Waals surface area (Å²) in [5.74, 6) is -0.831. The van der Waals surface area contributed by atoms with E-state index in [1.807, 2.05) is 6.92 Å². The van der Waals surface area contributed by atoms with Crippen molar-refractivity contribution in [2.75, 3.05) is 25.1 Å². The van der Waals surface area contributed by atoms with E-state index in [0.29, 0.717) is 18.7 Å². The molecule has 0 aliphatic carbocycles. The summed E-state index contributed by atoms with van der Waals surface area (Å²) in [5.41, 5.74) is 0.721. The molecule has 1 aromatic heterocycles. The van der Waals surface area contributed by atoms with Crippen LogP contribution in [0.15, 0.2) is 4.52 Å². The Morgan fingerprint density at radius 1 is 1.21 bits per heavy atom. The summed E-state index contributed by atoms with van der Waals surface area (Å²) in [7, 11) is 0. The molecule has 19 heavy (non-hydrogen) atoms. The van der Waals surface area contributed by atoms with Crippen molar-refractivity contribution in [2.24, 2.45) is 0 Å². The lowest BCUT2D eigenvalue weighted by atomic mass is 10.2. The Bertz CT molecular complexity index is 441. The number of hydrogen-bond acceptors (Lipinski definition) is 7. The summed E-state index contributed by atoms with van der Waals surface area (Å²) < 4.78 is 14.7. The maximum absolute atomic E-state index is 11.8. The van der Waals surface area contributed by atoms with Crippen LogP contribution in [-0.2, 0) is 20.7 Å². The Morgan fingerprint density at radius 3 is 2.47 bits per heavy atom. The number of anilines is 1. The van der Waals surface area contributed by atoms with E-state index < -0.39 is 11.9 Å². The number of aromatic nitrogens is 1. The zero-order chi connectivity index (χ0) is 14.3. The first kappa shape index (κ1) is 15.0. The van der Waals surface area contributed by atoms with Gasteiger partial charge in [-0.3, -0.25) is 4.79 Å². The van der Waals surface area contributed by atoms with Crippen LogP contribution in [-0.4, -0.2) is 36.9 Å². The van der Waals surface area contributed by atoms with Crippen LogP contribution in [0.3, 0.4) is 0 Å². The van der Waals surface area contributed by atoms with Gasteiger partial charge in [0.2, 0.25) is 5.88 Å². The van der Waals surface area contributed by atoms with Gasteiger partial charge in [-0.25, -0.2) is 4.79 Å². The molecule has 0 spiro atoms. The second-order valence-corrected chi connectivity index (χ2v) is 3.57. The van der Waals surface area contributed by atoms with Gasteiger partial charge in [-0.2, -0.15) is 0 Å². The molecule has 7 heteroatoms. The van der Waals surface area contributed by atoms with Crippen LogP contribution in [0.1, 0.15) is 36.8 Å². The highest BCUT2D eigenvalue weighted by molar-refractivity contribution is 5.95. The number of hydrogen-bond donors (Lipinski definition) is 1. The molecule has 0 saturated carbocycles. The van der Waals surface area contributed by atoms with Gasteiger partial charge in [-0.15, -0.1) is 0 Å². The molecule has 1 rings (SSSR count). The van der Waals surface area contributed by atoms with Crippen LogP contribution >= 0.6 is 0 Å². The maximum atomic E-state index is 11.8. The van der Waals surface area contributed by atoms with E-state index in [2.05, 4.69) is 10.5 Å². The topological polar surface area (TPSA) is 90.7 Å². The summed E-state index contributed by atoms with van der Waals surface area (Å²) in [6, 6.07) is 0. The smallest absolute Gasteiger partial charge is 0.345 e. The van der Waals surface area contributed by atoms with E-state index in [1.54, 1.807) is 13.8 Å². The average molecular weight is 270 g/mol. The van der Waals surface area contributed by atoms with Crippen molar-refractivity contribution in [1.29, 1.82) is 0 Å². The monoisotopic (exact) mass is 270 g/mol. The Hall–Kier alpha value is -2.05. The van der Waals surface area contributed by atoms with Crippen LogP contribution in [0.5, 0.6) is 0 Å². The van der Waals surface area contributed by atoms with Gasteiger partial charge in [0.15, 0.2) is 0 Å². The Morgan fingerprint density at radius 2 is 1.89 bits per heavy atom. The predicted molar refractivity (Wildman–Crippen MR) is 67.0 cm³/mol. The normalized spacial score (nSPS) is 10.1. The summed E-state index contributed by atoms with van der Waals surface area (Å²) in [4.78, 5) is 23.0. The van der Waals surface area contributed by atoms with E-state index in [-0.39, 0.29) is 24.6 Å². The molecule has 7 nitrogen and oxygen atoms in total. The van der Waals surface area contributed by atoms with E-state index in [0.717, 1.165) is 0 Å². The van der Waals surface area contributed by atoms with Crippen molar-refractivity contribution in [3.8, 4) is 0 Å². The quantitative estimate of drug-likeness (QED) is 0.748. The third-order valence-corrected chi connectivity index (χ3v) is 2.28. The zero-order valence-corrected chi connectivity index (χ0v) is 11.3. The summed E-state index contributed by atoms with van der Waals surface area (Å²) in [6.07, 6.45) is 0.527. The number of rotatable bonds is 7. The molecule has 1 aromatic rings. The number of carbonyl (C=O) groups is 2. The summed E-state index contributed by atoms with van der Waals surface area (Å²) >= 11 is 0. The molecule has 0 aliphatic rings. The molecule has 0 unspecified atom stereocenters. The standard InChI is InChI=1S/C12H18N2O5/c1-4-8-10(12(16)18-6-3)11(19-14-8)13-7-9(15)17-5-2/h13H,4-7H2,1-3H3. The van der Waals surface area contributed by atoms with Crippen molar-refractivity contribution in [3.63, 3.8) is 0 Å². The van der Waals surface area contributed by atoms with E-state index in [4.69, 9.17) is 14.0 Å².